The molecule has 1 unspecified atom stereocenters. The van der Waals surface area contributed by atoms with Gasteiger partial charge in [-0.3, -0.25) is 9.69 Å². The van der Waals surface area contributed by atoms with Crippen LogP contribution in [-0.2, 0) is 6.54 Å². The number of H-pyrrole nitrogens is 1. The van der Waals surface area contributed by atoms with E-state index in [2.05, 4.69) is 27.3 Å². The highest BCUT2D eigenvalue weighted by atomic mass is 19.1. The second-order valence-corrected chi connectivity index (χ2v) is 6.99. The van der Waals surface area contributed by atoms with Crippen LogP contribution < -0.4 is 5.32 Å². The third kappa shape index (κ3) is 3.35. The molecule has 134 valence electrons. The van der Waals surface area contributed by atoms with Crippen molar-refractivity contribution in [1.82, 2.24) is 15.2 Å². The van der Waals surface area contributed by atoms with Gasteiger partial charge in [0.15, 0.2) is 0 Å². The van der Waals surface area contributed by atoms with Gasteiger partial charge in [-0.1, -0.05) is 30.3 Å². The molecule has 0 spiro atoms. The molecular weight excluding hydrogens is 329 g/mol. The van der Waals surface area contributed by atoms with Crippen molar-refractivity contribution in [3.8, 4) is 0 Å². The number of likely N-dealkylation sites (tertiary alicyclic amines) is 1. The maximum atomic E-state index is 13.6. The van der Waals surface area contributed by atoms with E-state index in [1.165, 1.54) is 17.7 Å². The minimum absolute atomic E-state index is 0.115. The van der Waals surface area contributed by atoms with Gasteiger partial charge >= 0.3 is 0 Å². The van der Waals surface area contributed by atoms with Crippen molar-refractivity contribution in [1.29, 1.82) is 0 Å². The second kappa shape index (κ2) is 6.92. The van der Waals surface area contributed by atoms with Crippen LogP contribution in [0, 0.1) is 12.7 Å². The maximum Gasteiger partial charge on any atom is 0.253 e. The van der Waals surface area contributed by atoms with Crippen LogP contribution in [0.4, 0.5) is 4.39 Å². The fraction of sp³-hybridized carbons (Fsp3) is 0.286. The van der Waals surface area contributed by atoms with E-state index in [9.17, 15) is 9.18 Å². The van der Waals surface area contributed by atoms with E-state index in [1.807, 2.05) is 25.1 Å². The molecule has 4 nitrogen and oxygen atoms in total. The van der Waals surface area contributed by atoms with Crippen LogP contribution in [0.1, 0.15) is 28.0 Å². The molecule has 0 radical (unpaired) electrons. The minimum Gasteiger partial charge on any atom is -0.358 e. The Balaban J connectivity index is 1.44. The standard InChI is InChI=1S/C21H22FN3O/c1-14-20(18-11-16(22)7-8-19(18)23-14)21(26)24-17-9-10-25(13-17)12-15-5-3-2-4-6-15/h2-8,11,17,23H,9-10,12-13H2,1H3,(H,24,26). The van der Waals surface area contributed by atoms with Gasteiger partial charge in [0.25, 0.3) is 5.91 Å². The lowest BCUT2D eigenvalue weighted by molar-refractivity contribution is 0.0938. The first kappa shape index (κ1) is 16.8. The van der Waals surface area contributed by atoms with E-state index < -0.39 is 0 Å². The highest BCUT2D eigenvalue weighted by Gasteiger charge is 2.26. The van der Waals surface area contributed by atoms with Gasteiger partial charge in [-0.15, -0.1) is 0 Å². The molecule has 1 saturated heterocycles. The number of aromatic nitrogens is 1. The molecule has 1 aliphatic rings. The van der Waals surface area contributed by atoms with Crippen molar-refractivity contribution in [2.45, 2.75) is 25.9 Å². The number of fused-ring (bicyclic) bond motifs is 1. The molecule has 0 saturated carbocycles. The summed E-state index contributed by atoms with van der Waals surface area (Å²) in [4.78, 5) is 18.3. The lowest BCUT2D eigenvalue weighted by Crippen LogP contribution is -2.37. The van der Waals surface area contributed by atoms with Gasteiger partial charge in [-0.2, -0.15) is 0 Å². The summed E-state index contributed by atoms with van der Waals surface area (Å²) in [5.41, 5.74) is 3.37. The summed E-state index contributed by atoms with van der Waals surface area (Å²) in [6, 6.07) is 15.0. The summed E-state index contributed by atoms with van der Waals surface area (Å²) in [6.45, 7) is 4.53. The smallest absolute Gasteiger partial charge is 0.253 e. The zero-order chi connectivity index (χ0) is 18.1. The summed E-state index contributed by atoms with van der Waals surface area (Å²) in [5.74, 6) is -0.466. The van der Waals surface area contributed by atoms with Gasteiger partial charge in [-0.05, 0) is 37.1 Å². The van der Waals surface area contributed by atoms with Gasteiger partial charge in [-0.25, -0.2) is 4.39 Å². The van der Waals surface area contributed by atoms with Crippen LogP contribution in [0.2, 0.25) is 0 Å². The molecule has 0 aliphatic carbocycles. The molecule has 0 bridgehead atoms. The number of rotatable bonds is 4. The van der Waals surface area contributed by atoms with Gasteiger partial charge in [0.1, 0.15) is 5.82 Å². The third-order valence-corrected chi connectivity index (χ3v) is 5.03. The third-order valence-electron chi connectivity index (χ3n) is 5.03. The van der Waals surface area contributed by atoms with Crippen LogP contribution in [0.25, 0.3) is 10.9 Å². The van der Waals surface area contributed by atoms with Gasteiger partial charge in [0.2, 0.25) is 0 Å². The second-order valence-electron chi connectivity index (χ2n) is 6.99. The van der Waals surface area contributed by atoms with Crippen molar-refractivity contribution >= 4 is 16.8 Å². The largest absolute Gasteiger partial charge is 0.358 e. The quantitative estimate of drug-likeness (QED) is 0.754. The average molecular weight is 351 g/mol. The number of nitrogens with one attached hydrogen (secondary N) is 2. The van der Waals surface area contributed by atoms with E-state index in [4.69, 9.17) is 0 Å². The van der Waals surface area contributed by atoms with Crippen molar-refractivity contribution in [2.75, 3.05) is 13.1 Å². The number of aryl methyl sites for hydroxylation is 1. The maximum absolute atomic E-state index is 13.6. The number of hydrogen-bond donors (Lipinski definition) is 2. The number of halogens is 1. The molecule has 2 N–H and O–H groups in total. The summed E-state index contributed by atoms with van der Waals surface area (Å²) in [5, 5.41) is 3.76. The molecule has 5 heteroatoms. The molecule has 3 aromatic rings. The molecule has 1 atom stereocenters. The summed E-state index contributed by atoms with van der Waals surface area (Å²) >= 11 is 0. The Labute approximate surface area is 152 Å². The molecule has 2 aromatic carbocycles. The van der Waals surface area contributed by atoms with Crippen molar-refractivity contribution in [2.24, 2.45) is 0 Å². The molecule has 1 aliphatic heterocycles. The number of amides is 1. The Hall–Kier alpha value is -2.66. The monoisotopic (exact) mass is 351 g/mol. The van der Waals surface area contributed by atoms with Crippen molar-refractivity contribution in [3.05, 3.63) is 71.2 Å². The minimum atomic E-state index is -0.333. The van der Waals surface area contributed by atoms with Crippen molar-refractivity contribution < 1.29 is 9.18 Å². The molecule has 2 heterocycles. The highest BCUT2D eigenvalue weighted by molar-refractivity contribution is 6.08. The van der Waals surface area contributed by atoms with E-state index in [0.717, 1.165) is 37.3 Å². The normalized spacial score (nSPS) is 17.7. The first-order valence-corrected chi connectivity index (χ1v) is 8.95. The Morgan fingerprint density at radius 1 is 1.27 bits per heavy atom. The van der Waals surface area contributed by atoms with Crippen LogP contribution in [-0.4, -0.2) is 34.9 Å². The van der Waals surface area contributed by atoms with Gasteiger partial charge < -0.3 is 10.3 Å². The Morgan fingerprint density at radius 2 is 2.08 bits per heavy atom. The number of carbonyl (C=O) groups excluding carboxylic acids is 1. The van der Waals surface area contributed by atoms with Crippen molar-refractivity contribution in [3.63, 3.8) is 0 Å². The highest BCUT2D eigenvalue weighted by Crippen LogP contribution is 2.23. The predicted molar refractivity (Wildman–Crippen MR) is 101 cm³/mol. The molecule has 1 amide bonds. The zero-order valence-corrected chi connectivity index (χ0v) is 14.8. The Morgan fingerprint density at radius 3 is 2.88 bits per heavy atom. The molecule has 1 aromatic heterocycles. The summed E-state index contributed by atoms with van der Waals surface area (Å²) in [7, 11) is 0. The SMILES string of the molecule is Cc1[nH]c2ccc(F)cc2c1C(=O)NC1CCN(Cc2ccccc2)C1. The van der Waals surface area contributed by atoms with Gasteiger partial charge in [0.05, 0.1) is 5.56 Å². The summed E-state index contributed by atoms with van der Waals surface area (Å²) < 4.78 is 13.6. The number of aromatic amines is 1. The number of benzene rings is 2. The predicted octanol–water partition coefficient (Wildman–Crippen LogP) is 3.62. The van der Waals surface area contributed by atoms with Crippen LogP contribution in [0.3, 0.4) is 0 Å². The fourth-order valence-corrected chi connectivity index (χ4v) is 3.78. The topological polar surface area (TPSA) is 48.1 Å². The van der Waals surface area contributed by atoms with E-state index in [0.29, 0.717) is 10.9 Å². The average Bonchev–Trinajstić information content (AvgIpc) is 3.18. The van der Waals surface area contributed by atoms with Crippen LogP contribution in [0.5, 0.6) is 0 Å². The Bertz CT molecular complexity index is 935. The first-order chi connectivity index (χ1) is 12.6. The van der Waals surface area contributed by atoms with Gasteiger partial charge in [0, 0.05) is 42.3 Å². The van der Waals surface area contributed by atoms with Crippen LogP contribution >= 0.6 is 0 Å². The molecule has 4 rings (SSSR count). The molecule has 1 fully saturated rings. The summed E-state index contributed by atoms with van der Waals surface area (Å²) in [6.07, 6.45) is 0.925. The van der Waals surface area contributed by atoms with E-state index >= 15 is 0 Å². The molecular formula is C21H22FN3O. The first-order valence-electron chi connectivity index (χ1n) is 8.95. The number of nitrogens with zero attached hydrogens (tertiary/aromatic N) is 1. The fourth-order valence-electron chi connectivity index (χ4n) is 3.78. The van der Waals surface area contributed by atoms with E-state index in [1.54, 1.807) is 6.07 Å². The lowest BCUT2D eigenvalue weighted by atomic mass is 10.1. The Kier molecular flexibility index (Phi) is 4.47. The number of hydrogen-bond acceptors (Lipinski definition) is 2. The number of carbonyl (C=O) groups is 1. The van der Waals surface area contributed by atoms with E-state index in [-0.39, 0.29) is 17.8 Å². The zero-order valence-electron chi connectivity index (χ0n) is 14.8. The lowest BCUT2D eigenvalue weighted by Gasteiger charge is -2.17. The molecule has 26 heavy (non-hydrogen) atoms. The van der Waals surface area contributed by atoms with Crippen LogP contribution in [0.15, 0.2) is 48.5 Å².